The molecule has 2 atom stereocenters. The summed E-state index contributed by atoms with van der Waals surface area (Å²) in [6.45, 7) is 6.43. The maximum Gasteiger partial charge on any atom is 0.135 e. The molecule has 1 heteroatoms. The highest BCUT2D eigenvalue weighted by atomic mass is 16.1. The van der Waals surface area contributed by atoms with Gasteiger partial charge in [0.15, 0.2) is 0 Å². The van der Waals surface area contributed by atoms with Crippen LogP contribution in [0.15, 0.2) is 18.2 Å². The summed E-state index contributed by atoms with van der Waals surface area (Å²) >= 11 is 0. The van der Waals surface area contributed by atoms with E-state index in [9.17, 15) is 4.79 Å². The van der Waals surface area contributed by atoms with E-state index in [0.29, 0.717) is 11.7 Å². The fourth-order valence-corrected chi connectivity index (χ4v) is 2.78. The summed E-state index contributed by atoms with van der Waals surface area (Å²) in [6.07, 6.45) is 2.94. The Morgan fingerprint density at radius 1 is 1.25 bits per heavy atom. The molecule has 1 saturated carbocycles. The fraction of sp³-hybridized carbons (Fsp3) is 0.533. The van der Waals surface area contributed by atoms with E-state index in [1.807, 2.05) is 0 Å². The van der Waals surface area contributed by atoms with Crippen LogP contribution in [0.25, 0.3) is 0 Å². The van der Waals surface area contributed by atoms with Crippen molar-refractivity contribution in [2.75, 3.05) is 0 Å². The van der Waals surface area contributed by atoms with E-state index in [2.05, 4.69) is 39.0 Å². The summed E-state index contributed by atoms with van der Waals surface area (Å²) < 4.78 is 0. The van der Waals surface area contributed by atoms with Crippen LogP contribution in [0.2, 0.25) is 0 Å². The Kier molecular flexibility index (Phi) is 3.13. The monoisotopic (exact) mass is 216 g/mol. The Morgan fingerprint density at radius 3 is 2.38 bits per heavy atom. The lowest BCUT2D eigenvalue weighted by molar-refractivity contribution is -0.120. The lowest BCUT2D eigenvalue weighted by Crippen LogP contribution is -2.14. The first kappa shape index (κ1) is 11.4. The summed E-state index contributed by atoms with van der Waals surface area (Å²) in [5.74, 6) is 1.28. The van der Waals surface area contributed by atoms with Crippen LogP contribution in [0.1, 0.15) is 36.5 Å². The molecule has 0 bridgehead atoms. The number of carbonyl (C=O) groups is 1. The second-order valence-corrected chi connectivity index (χ2v) is 5.13. The van der Waals surface area contributed by atoms with Crippen molar-refractivity contribution in [3.63, 3.8) is 0 Å². The zero-order chi connectivity index (χ0) is 11.7. The van der Waals surface area contributed by atoms with Gasteiger partial charge < -0.3 is 0 Å². The summed E-state index contributed by atoms with van der Waals surface area (Å²) in [5, 5.41) is 0. The fourth-order valence-electron chi connectivity index (χ4n) is 2.78. The number of benzene rings is 1. The summed E-state index contributed by atoms with van der Waals surface area (Å²) in [5.41, 5.74) is 4.19. The van der Waals surface area contributed by atoms with E-state index in [0.717, 1.165) is 19.3 Å². The molecule has 1 nitrogen and oxygen atoms in total. The van der Waals surface area contributed by atoms with Crippen LogP contribution in [-0.2, 0) is 11.2 Å². The van der Waals surface area contributed by atoms with Crippen molar-refractivity contribution in [1.82, 2.24) is 0 Å². The Balaban J connectivity index is 2.18. The molecular weight excluding hydrogens is 196 g/mol. The van der Waals surface area contributed by atoms with Gasteiger partial charge >= 0.3 is 0 Å². The highest BCUT2D eigenvalue weighted by molar-refractivity contribution is 5.83. The molecule has 1 aliphatic rings. The number of rotatable bonds is 2. The first-order chi connectivity index (χ1) is 7.59. The van der Waals surface area contributed by atoms with Crippen molar-refractivity contribution in [2.24, 2.45) is 11.8 Å². The van der Waals surface area contributed by atoms with E-state index < -0.39 is 0 Å². The van der Waals surface area contributed by atoms with Gasteiger partial charge in [-0.3, -0.25) is 4.79 Å². The molecule has 0 aromatic heterocycles. The number of ketones is 1. The topological polar surface area (TPSA) is 17.1 Å². The zero-order valence-electron chi connectivity index (χ0n) is 10.4. The van der Waals surface area contributed by atoms with E-state index in [1.54, 1.807) is 0 Å². The van der Waals surface area contributed by atoms with E-state index in [4.69, 9.17) is 0 Å². The smallest absolute Gasteiger partial charge is 0.135 e. The van der Waals surface area contributed by atoms with Gasteiger partial charge in [0.1, 0.15) is 5.78 Å². The Hall–Kier alpha value is -1.11. The lowest BCUT2D eigenvalue weighted by atomic mass is 9.87. The predicted octanol–water partition coefficient (Wildman–Crippen LogP) is 3.46. The first-order valence-electron chi connectivity index (χ1n) is 6.17. The third kappa shape index (κ3) is 2.04. The second kappa shape index (κ2) is 4.40. The van der Waals surface area contributed by atoms with Crippen molar-refractivity contribution in [3.8, 4) is 0 Å². The van der Waals surface area contributed by atoms with Crippen molar-refractivity contribution < 1.29 is 4.79 Å². The Bertz CT molecular complexity index is 386. The molecule has 1 aliphatic carbocycles. The summed E-state index contributed by atoms with van der Waals surface area (Å²) in [7, 11) is 0. The number of aryl methyl sites for hydroxylation is 2. The van der Waals surface area contributed by atoms with Crippen molar-refractivity contribution >= 4 is 5.78 Å². The van der Waals surface area contributed by atoms with Gasteiger partial charge in [0.05, 0.1) is 0 Å². The largest absolute Gasteiger partial charge is 0.299 e. The quantitative estimate of drug-likeness (QED) is 0.740. The molecule has 0 radical (unpaired) electrons. The molecule has 16 heavy (non-hydrogen) atoms. The van der Waals surface area contributed by atoms with E-state index in [1.165, 1.54) is 16.7 Å². The molecule has 0 N–H and O–H groups in total. The third-order valence-electron chi connectivity index (χ3n) is 4.09. The molecule has 2 rings (SSSR count). The van der Waals surface area contributed by atoms with Crippen LogP contribution in [0.5, 0.6) is 0 Å². The van der Waals surface area contributed by atoms with Crippen LogP contribution >= 0.6 is 0 Å². The SMILES string of the molecule is Cc1cccc(C)c1CC1CCC(=O)C1C. The van der Waals surface area contributed by atoms with Crippen LogP contribution < -0.4 is 0 Å². The minimum atomic E-state index is 0.263. The molecular formula is C15H20O. The maximum atomic E-state index is 11.5. The van der Waals surface area contributed by atoms with Crippen LogP contribution in [-0.4, -0.2) is 5.78 Å². The predicted molar refractivity (Wildman–Crippen MR) is 66.5 cm³/mol. The minimum Gasteiger partial charge on any atom is -0.299 e. The van der Waals surface area contributed by atoms with E-state index in [-0.39, 0.29) is 5.92 Å². The molecule has 0 saturated heterocycles. The number of carbonyl (C=O) groups excluding carboxylic acids is 1. The number of hydrogen-bond acceptors (Lipinski definition) is 1. The molecule has 0 heterocycles. The first-order valence-corrected chi connectivity index (χ1v) is 6.17. The average Bonchev–Trinajstić information content (AvgIpc) is 2.55. The van der Waals surface area contributed by atoms with Gasteiger partial charge in [-0.1, -0.05) is 25.1 Å². The van der Waals surface area contributed by atoms with Crippen LogP contribution in [0.4, 0.5) is 0 Å². The third-order valence-corrected chi connectivity index (χ3v) is 4.09. The number of Topliss-reactive ketones (excluding diaryl/α,β-unsaturated/α-hetero) is 1. The molecule has 0 aliphatic heterocycles. The molecule has 2 unspecified atom stereocenters. The van der Waals surface area contributed by atoms with Gasteiger partial charge in [-0.15, -0.1) is 0 Å². The normalized spacial score (nSPS) is 25.1. The van der Waals surface area contributed by atoms with Gasteiger partial charge in [0, 0.05) is 12.3 Å². The number of hydrogen-bond donors (Lipinski definition) is 0. The molecule has 0 amide bonds. The highest BCUT2D eigenvalue weighted by Crippen LogP contribution is 2.32. The van der Waals surface area contributed by atoms with Gasteiger partial charge in [0.25, 0.3) is 0 Å². The summed E-state index contributed by atoms with van der Waals surface area (Å²) in [6, 6.07) is 6.45. The van der Waals surface area contributed by atoms with Crippen LogP contribution in [0, 0.1) is 25.7 Å². The molecule has 86 valence electrons. The van der Waals surface area contributed by atoms with Crippen molar-refractivity contribution in [1.29, 1.82) is 0 Å². The standard InChI is InChI=1S/C15H20O/c1-10-5-4-6-11(2)14(10)9-13-7-8-15(16)12(13)3/h4-6,12-13H,7-9H2,1-3H3. The second-order valence-electron chi connectivity index (χ2n) is 5.13. The molecule has 1 fully saturated rings. The molecule has 1 aromatic carbocycles. The minimum absolute atomic E-state index is 0.263. The molecule has 1 aromatic rings. The molecule has 0 spiro atoms. The lowest BCUT2D eigenvalue weighted by Gasteiger charge is -2.17. The van der Waals surface area contributed by atoms with Gasteiger partial charge in [0.2, 0.25) is 0 Å². The highest BCUT2D eigenvalue weighted by Gasteiger charge is 2.31. The van der Waals surface area contributed by atoms with Gasteiger partial charge in [-0.25, -0.2) is 0 Å². The Morgan fingerprint density at radius 2 is 1.88 bits per heavy atom. The van der Waals surface area contributed by atoms with Gasteiger partial charge in [-0.05, 0) is 49.3 Å². The van der Waals surface area contributed by atoms with Crippen molar-refractivity contribution in [2.45, 2.75) is 40.0 Å². The van der Waals surface area contributed by atoms with E-state index >= 15 is 0 Å². The van der Waals surface area contributed by atoms with Gasteiger partial charge in [-0.2, -0.15) is 0 Å². The maximum absolute atomic E-state index is 11.5. The summed E-state index contributed by atoms with van der Waals surface area (Å²) in [4.78, 5) is 11.5. The average molecular weight is 216 g/mol. The Labute approximate surface area is 97.9 Å². The van der Waals surface area contributed by atoms with Crippen LogP contribution in [0.3, 0.4) is 0 Å². The zero-order valence-corrected chi connectivity index (χ0v) is 10.4. The van der Waals surface area contributed by atoms with Crippen molar-refractivity contribution in [3.05, 3.63) is 34.9 Å².